The SMILES string of the molecule is CCC(C)O.CCCCC. The van der Waals surface area contributed by atoms with Crippen molar-refractivity contribution in [2.45, 2.75) is 59.5 Å². The van der Waals surface area contributed by atoms with Crippen LogP contribution >= 0.6 is 0 Å². The number of aliphatic hydroxyl groups excluding tert-OH is 1. The van der Waals surface area contributed by atoms with E-state index in [2.05, 4.69) is 13.8 Å². The molecule has 64 valence electrons. The van der Waals surface area contributed by atoms with Gasteiger partial charge in [-0.05, 0) is 13.3 Å². The Hall–Kier alpha value is -0.0400. The molecule has 0 aliphatic carbocycles. The van der Waals surface area contributed by atoms with Crippen LogP contribution in [0, 0.1) is 0 Å². The van der Waals surface area contributed by atoms with Crippen molar-refractivity contribution < 1.29 is 5.11 Å². The van der Waals surface area contributed by atoms with E-state index in [0.29, 0.717) is 0 Å². The van der Waals surface area contributed by atoms with Crippen LogP contribution in [0.2, 0.25) is 0 Å². The second-order valence-corrected chi connectivity index (χ2v) is 2.61. The summed E-state index contributed by atoms with van der Waals surface area (Å²) >= 11 is 0. The van der Waals surface area contributed by atoms with Gasteiger partial charge in [-0.2, -0.15) is 0 Å². The van der Waals surface area contributed by atoms with Crippen LogP contribution in [-0.4, -0.2) is 11.2 Å². The molecular weight excluding hydrogens is 124 g/mol. The van der Waals surface area contributed by atoms with E-state index in [1.807, 2.05) is 6.92 Å². The van der Waals surface area contributed by atoms with E-state index in [-0.39, 0.29) is 6.10 Å². The lowest BCUT2D eigenvalue weighted by atomic mass is 10.3. The Kier molecular flexibility index (Phi) is 14.8. The van der Waals surface area contributed by atoms with Crippen LogP contribution in [-0.2, 0) is 0 Å². The van der Waals surface area contributed by atoms with Gasteiger partial charge in [0.2, 0.25) is 0 Å². The molecule has 1 atom stereocenters. The lowest BCUT2D eigenvalue weighted by molar-refractivity contribution is 0.191. The van der Waals surface area contributed by atoms with E-state index in [0.717, 1.165) is 6.42 Å². The Labute approximate surface area is 65.5 Å². The van der Waals surface area contributed by atoms with E-state index in [9.17, 15) is 0 Å². The third kappa shape index (κ3) is 24.6. The third-order valence-electron chi connectivity index (χ3n) is 1.30. The zero-order valence-corrected chi connectivity index (χ0v) is 7.85. The van der Waals surface area contributed by atoms with Crippen molar-refractivity contribution in [2.75, 3.05) is 0 Å². The first-order chi connectivity index (χ1) is 4.68. The Morgan fingerprint density at radius 3 is 1.40 bits per heavy atom. The van der Waals surface area contributed by atoms with Gasteiger partial charge in [0.15, 0.2) is 0 Å². The highest BCUT2D eigenvalue weighted by Crippen LogP contribution is 1.88. The Balaban J connectivity index is 0. The Morgan fingerprint density at radius 1 is 1.10 bits per heavy atom. The molecule has 0 aromatic rings. The minimum absolute atomic E-state index is 0.116. The number of unbranched alkanes of at least 4 members (excludes halogenated alkanes) is 2. The molecule has 1 N–H and O–H groups in total. The van der Waals surface area contributed by atoms with Crippen LogP contribution in [0.15, 0.2) is 0 Å². The average Bonchev–Trinajstić information content (AvgIpc) is 1.91. The van der Waals surface area contributed by atoms with Crippen LogP contribution in [0.4, 0.5) is 0 Å². The molecule has 10 heavy (non-hydrogen) atoms. The minimum Gasteiger partial charge on any atom is -0.393 e. The molecule has 1 unspecified atom stereocenters. The molecule has 0 amide bonds. The van der Waals surface area contributed by atoms with Crippen LogP contribution in [0.3, 0.4) is 0 Å². The highest BCUT2D eigenvalue weighted by Gasteiger charge is 1.81. The second-order valence-electron chi connectivity index (χ2n) is 2.61. The van der Waals surface area contributed by atoms with Gasteiger partial charge in [0, 0.05) is 0 Å². The molecule has 1 heteroatoms. The van der Waals surface area contributed by atoms with Crippen molar-refractivity contribution in [1.29, 1.82) is 0 Å². The topological polar surface area (TPSA) is 20.2 Å². The van der Waals surface area contributed by atoms with Crippen molar-refractivity contribution in [2.24, 2.45) is 0 Å². The maximum atomic E-state index is 8.36. The molecule has 1 nitrogen and oxygen atoms in total. The molecule has 0 rings (SSSR count). The third-order valence-corrected chi connectivity index (χ3v) is 1.30. The summed E-state index contributed by atoms with van der Waals surface area (Å²) in [4.78, 5) is 0. The number of hydrogen-bond donors (Lipinski definition) is 1. The van der Waals surface area contributed by atoms with Crippen molar-refractivity contribution in [3.05, 3.63) is 0 Å². The fraction of sp³-hybridized carbons (Fsp3) is 1.00. The monoisotopic (exact) mass is 146 g/mol. The predicted molar refractivity (Wildman–Crippen MR) is 47.2 cm³/mol. The molecule has 0 aliphatic heterocycles. The second kappa shape index (κ2) is 11.7. The highest BCUT2D eigenvalue weighted by molar-refractivity contribution is 4.34. The summed E-state index contributed by atoms with van der Waals surface area (Å²) in [6.45, 7) is 8.15. The standard InChI is InChI=1S/C5H12.C4H10O/c1-3-5-4-2;1-3-4(2)5/h3-5H2,1-2H3;4-5H,3H2,1-2H3. The smallest absolute Gasteiger partial charge is 0.0509 e. The maximum Gasteiger partial charge on any atom is 0.0509 e. The first-order valence-corrected chi connectivity index (χ1v) is 4.37. The zero-order chi connectivity index (χ0) is 8.41. The van der Waals surface area contributed by atoms with Gasteiger partial charge in [0.1, 0.15) is 0 Å². The number of hydrogen-bond acceptors (Lipinski definition) is 1. The summed E-state index contributed by atoms with van der Waals surface area (Å²) in [5.74, 6) is 0. The number of rotatable bonds is 3. The van der Waals surface area contributed by atoms with Gasteiger partial charge in [0.05, 0.1) is 6.10 Å². The average molecular weight is 146 g/mol. The molecule has 0 bridgehead atoms. The molecule has 0 aromatic carbocycles. The first kappa shape index (κ1) is 12.6. The van der Waals surface area contributed by atoms with Crippen LogP contribution in [0.5, 0.6) is 0 Å². The van der Waals surface area contributed by atoms with Gasteiger partial charge in [-0.15, -0.1) is 0 Å². The molecule has 0 saturated heterocycles. The predicted octanol–water partition coefficient (Wildman–Crippen LogP) is 2.97. The van der Waals surface area contributed by atoms with Gasteiger partial charge in [-0.3, -0.25) is 0 Å². The molecule has 0 aliphatic rings. The fourth-order valence-corrected chi connectivity index (χ4v) is 0.354. The van der Waals surface area contributed by atoms with Crippen LogP contribution < -0.4 is 0 Å². The van der Waals surface area contributed by atoms with Gasteiger partial charge in [-0.1, -0.05) is 40.0 Å². The van der Waals surface area contributed by atoms with Crippen molar-refractivity contribution in [1.82, 2.24) is 0 Å². The van der Waals surface area contributed by atoms with E-state index < -0.39 is 0 Å². The Bertz CT molecular complexity index is 40.0. The normalized spacial score (nSPS) is 11.7. The summed E-state index contributed by atoms with van der Waals surface area (Å²) in [6, 6.07) is 0. The van der Waals surface area contributed by atoms with E-state index in [1.54, 1.807) is 6.92 Å². The number of aliphatic hydroxyl groups is 1. The largest absolute Gasteiger partial charge is 0.393 e. The molecule has 0 fully saturated rings. The summed E-state index contributed by atoms with van der Waals surface area (Å²) in [5, 5.41) is 8.36. The molecule has 0 aromatic heterocycles. The highest BCUT2D eigenvalue weighted by atomic mass is 16.3. The summed E-state index contributed by atoms with van der Waals surface area (Å²) in [7, 11) is 0. The summed E-state index contributed by atoms with van der Waals surface area (Å²) in [6.07, 6.45) is 4.82. The summed E-state index contributed by atoms with van der Waals surface area (Å²) < 4.78 is 0. The molecule has 0 saturated carbocycles. The molecule has 0 heterocycles. The van der Waals surface area contributed by atoms with Crippen molar-refractivity contribution in [3.63, 3.8) is 0 Å². The zero-order valence-electron chi connectivity index (χ0n) is 7.85. The van der Waals surface area contributed by atoms with Gasteiger partial charge in [-0.25, -0.2) is 0 Å². The van der Waals surface area contributed by atoms with Crippen LogP contribution in [0.1, 0.15) is 53.4 Å². The minimum atomic E-state index is -0.116. The van der Waals surface area contributed by atoms with Crippen LogP contribution in [0.25, 0.3) is 0 Å². The molecule has 0 spiro atoms. The first-order valence-electron chi connectivity index (χ1n) is 4.37. The van der Waals surface area contributed by atoms with E-state index >= 15 is 0 Å². The molecular formula is C9H22O. The van der Waals surface area contributed by atoms with E-state index in [4.69, 9.17) is 5.11 Å². The van der Waals surface area contributed by atoms with Crippen molar-refractivity contribution in [3.8, 4) is 0 Å². The van der Waals surface area contributed by atoms with Gasteiger partial charge >= 0.3 is 0 Å². The quantitative estimate of drug-likeness (QED) is 0.649. The van der Waals surface area contributed by atoms with Gasteiger partial charge in [0.25, 0.3) is 0 Å². The lowest BCUT2D eigenvalue weighted by Crippen LogP contribution is -1.93. The van der Waals surface area contributed by atoms with E-state index in [1.165, 1.54) is 19.3 Å². The van der Waals surface area contributed by atoms with Gasteiger partial charge < -0.3 is 5.11 Å². The molecule has 0 radical (unpaired) electrons. The fourth-order valence-electron chi connectivity index (χ4n) is 0.354. The van der Waals surface area contributed by atoms with Crippen molar-refractivity contribution >= 4 is 0 Å². The Morgan fingerprint density at radius 2 is 1.40 bits per heavy atom. The maximum absolute atomic E-state index is 8.36. The lowest BCUT2D eigenvalue weighted by Gasteiger charge is -1.90. The summed E-state index contributed by atoms with van der Waals surface area (Å²) in [5.41, 5.74) is 0.